The average molecular weight is 321 g/mol. The lowest BCUT2D eigenvalue weighted by molar-refractivity contribution is 0.357. The normalized spacial score (nSPS) is 12.0. The molecular weight excluding hydrogens is 300 g/mol. The summed E-state index contributed by atoms with van der Waals surface area (Å²) in [5, 5.41) is 4.81. The molecule has 0 atom stereocenters. The molecule has 2 nitrogen and oxygen atoms in total. The van der Waals surface area contributed by atoms with Gasteiger partial charge in [0.05, 0.1) is 5.52 Å². The first-order valence-corrected chi connectivity index (χ1v) is 7.60. The third-order valence-corrected chi connectivity index (χ3v) is 4.12. The van der Waals surface area contributed by atoms with Gasteiger partial charge in [-0.2, -0.15) is 0 Å². The molecule has 2 aromatic rings. The van der Waals surface area contributed by atoms with E-state index in [2.05, 4.69) is 65.2 Å². The van der Waals surface area contributed by atoms with Gasteiger partial charge < -0.3 is 5.32 Å². The van der Waals surface area contributed by atoms with Gasteiger partial charge in [0, 0.05) is 28.1 Å². The Morgan fingerprint density at radius 3 is 2.79 bits per heavy atom. The number of pyridine rings is 1. The van der Waals surface area contributed by atoms with Gasteiger partial charge in [-0.3, -0.25) is 4.98 Å². The van der Waals surface area contributed by atoms with E-state index in [4.69, 9.17) is 0 Å². The molecule has 3 heteroatoms. The van der Waals surface area contributed by atoms with Crippen LogP contribution in [0.3, 0.4) is 0 Å². The van der Waals surface area contributed by atoms with E-state index < -0.39 is 0 Å². The molecule has 0 aliphatic heterocycles. The molecule has 19 heavy (non-hydrogen) atoms. The van der Waals surface area contributed by atoms with Crippen LogP contribution < -0.4 is 5.32 Å². The van der Waals surface area contributed by atoms with Crippen molar-refractivity contribution in [2.45, 2.75) is 45.7 Å². The molecule has 0 saturated carbocycles. The zero-order chi connectivity index (χ0) is 13.9. The van der Waals surface area contributed by atoms with Crippen LogP contribution in [0.25, 0.3) is 10.9 Å². The van der Waals surface area contributed by atoms with Crippen LogP contribution in [0.2, 0.25) is 0 Å². The third-order valence-electron chi connectivity index (χ3n) is 3.43. The molecule has 1 heterocycles. The predicted octanol–water partition coefficient (Wildman–Crippen LogP) is 4.67. The van der Waals surface area contributed by atoms with Crippen molar-refractivity contribution in [3.8, 4) is 0 Å². The lowest BCUT2D eigenvalue weighted by atomic mass is 9.98. The summed E-state index contributed by atoms with van der Waals surface area (Å²) in [5.41, 5.74) is 2.50. The second-order valence-corrected chi connectivity index (χ2v) is 6.45. The molecule has 1 aromatic carbocycles. The van der Waals surface area contributed by atoms with Crippen molar-refractivity contribution in [3.05, 3.63) is 40.5 Å². The predicted molar refractivity (Wildman–Crippen MR) is 85.3 cm³/mol. The maximum absolute atomic E-state index is 4.52. The highest BCUT2D eigenvalue weighted by Gasteiger charge is 2.16. The van der Waals surface area contributed by atoms with Crippen LogP contribution in [-0.4, -0.2) is 10.5 Å². The van der Waals surface area contributed by atoms with Crippen molar-refractivity contribution in [1.82, 2.24) is 10.3 Å². The van der Waals surface area contributed by atoms with E-state index in [0.717, 1.165) is 16.5 Å². The van der Waals surface area contributed by atoms with E-state index in [1.807, 2.05) is 12.3 Å². The highest BCUT2D eigenvalue weighted by molar-refractivity contribution is 9.10. The summed E-state index contributed by atoms with van der Waals surface area (Å²) < 4.78 is 1.10. The smallest absolute Gasteiger partial charge is 0.0758 e. The van der Waals surface area contributed by atoms with Crippen molar-refractivity contribution >= 4 is 26.8 Å². The molecule has 0 spiro atoms. The van der Waals surface area contributed by atoms with Crippen LogP contribution in [0.4, 0.5) is 0 Å². The summed E-state index contributed by atoms with van der Waals surface area (Å²) in [6, 6.07) is 8.33. The molecule has 0 amide bonds. The second-order valence-electron chi connectivity index (χ2n) is 5.59. The van der Waals surface area contributed by atoms with Gasteiger partial charge >= 0.3 is 0 Å². The van der Waals surface area contributed by atoms with Crippen molar-refractivity contribution < 1.29 is 0 Å². The Balaban J connectivity index is 2.24. The summed E-state index contributed by atoms with van der Waals surface area (Å²) in [7, 11) is 0. The van der Waals surface area contributed by atoms with E-state index in [9.17, 15) is 0 Å². The highest BCUT2D eigenvalue weighted by Crippen LogP contribution is 2.25. The Morgan fingerprint density at radius 2 is 2.05 bits per heavy atom. The van der Waals surface area contributed by atoms with Crippen molar-refractivity contribution in [3.63, 3.8) is 0 Å². The number of aromatic nitrogens is 1. The van der Waals surface area contributed by atoms with Gasteiger partial charge in [0.1, 0.15) is 0 Å². The molecule has 0 radical (unpaired) electrons. The van der Waals surface area contributed by atoms with Crippen LogP contribution in [0.5, 0.6) is 0 Å². The fourth-order valence-corrected chi connectivity index (χ4v) is 2.84. The maximum atomic E-state index is 4.52. The summed E-state index contributed by atoms with van der Waals surface area (Å²) in [6.07, 6.45) is 4.23. The minimum absolute atomic E-state index is 0.170. The quantitative estimate of drug-likeness (QED) is 0.866. The lowest BCUT2D eigenvalue weighted by Gasteiger charge is -2.26. The fourth-order valence-electron chi connectivity index (χ4n) is 2.39. The fraction of sp³-hybridized carbons (Fsp3) is 0.438. The number of hydrogen-bond acceptors (Lipinski definition) is 2. The molecule has 1 aromatic heterocycles. The summed E-state index contributed by atoms with van der Waals surface area (Å²) >= 11 is 3.59. The van der Waals surface area contributed by atoms with E-state index >= 15 is 0 Å². The van der Waals surface area contributed by atoms with Gasteiger partial charge in [0.25, 0.3) is 0 Å². The SMILES string of the molecule is CCCC(C)(C)NCc1ccc(Br)c2cccnc12. The largest absolute Gasteiger partial charge is 0.308 e. The number of fused-ring (bicyclic) bond motifs is 1. The molecule has 2 rings (SSSR count). The van der Waals surface area contributed by atoms with Gasteiger partial charge in [-0.1, -0.05) is 41.4 Å². The highest BCUT2D eigenvalue weighted by atomic mass is 79.9. The lowest BCUT2D eigenvalue weighted by Crippen LogP contribution is -2.38. The summed E-state index contributed by atoms with van der Waals surface area (Å²) in [5.74, 6) is 0. The Morgan fingerprint density at radius 1 is 1.26 bits per heavy atom. The van der Waals surface area contributed by atoms with Crippen LogP contribution in [0, 0.1) is 0 Å². The number of hydrogen-bond donors (Lipinski definition) is 1. The number of benzene rings is 1. The van der Waals surface area contributed by atoms with Gasteiger partial charge in [-0.25, -0.2) is 0 Å². The Labute approximate surface area is 123 Å². The zero-order valence-electron chi connectivity index (χ0n) is 11.8. The molecule has 0 unspecified atom stereocenters. The molecule has 0 fully saturated rings. The first kappa shape index (κ1) is 14.5. The Hall–Kier alpha value is -0.930. The van der Waals surface area contributed by atoms with Gasteiger partial charge in [0.2, 0.25) is 0 Å². The minimum Gasteiger partial charge on any atom is -0.308 e. The first-order valence-electron chi connectivity index (χ1n) is 6.80. The number of rotatable bonds is 5. The topological polar surface area (TPSA) is 24.9 Å². The molecule has 0 bridgehead atoms. The van der Waals surface area contributed by atoms with E-state index in [0.29, 0.717) is 0 Å². The van der Waals surface area contributed by atoms with Gasteiger partial charge in [0.15, 0.2) is 0 Å². The third kappa shape index (κ3) is 3.54. The van der Waals surface area contributed by atoms with Crippen LogP contribution in [-0.2, 0) is 6.54 Å². The van der Waals surface area contributed by atoms with Crippen molar-refractivity contribution in [2.75, 3.05) is 0 Å². The standard InChI is InChI=1S/C16H21BrN2/c1-4-9-16(2,3)19-11-12-7-8-14(17)13-6-5-10-18-15(12)13/h5-8,10,19H,4,9,11H2,1-3H3. The molecule has 1 N–H and O–H groups in total. The maximum Gasteiger partial charge on any atom is 0.0758 e. The van der Waals surface area contributed by atoms with Gasteiger partial charge in [-0.05, 0) is 38.0 Å². The molecule has 0 aliphatic carbocycles. The van der Waals surface area contributed by atoms with E-state index in [-0.39, 0.29) is 5.54 Å². The van der Waals surface area contributed by atoms with Crippen molar-refractivity contribution in [2.24, 2.45) is 0 Å². The van der Waals surface area contributed by atoms with E-state index in [1.54, 1.807) is 0 Å². The summed E-state index contributed by atoms with van der Waals surface area (Å²) in [6.45, 7) is 7.59. The van der Waals surface area contributed by atoms with Crippen LogP contribution in [0.15, 0.2) is 34.9 Å². The monoisotopic (exact) mass is 320 g/mol. The second kappa shape index (κ2) is 6.02. The van der Waals surface area contributed by atoms with E-state index in [1.165, 1.54) is 23.8 Å². The molecular formula is C16H21BrN2. The zero-order valence-corrected chi connectivity index (χ0v) is 13.4. The van der Waals surface area contributed by atoms with Crippen molar-refractivity contribution in [1.29, 1.82) is 0 Å². The Kier molecular flexibility index (Phi) is 4.58. The summed E-state index contributed by atoms with van der Waals surface area (Å²) in [4.78, 5) is 4.52. The average Bonchev–Trinajstić information content (AvgIpc) is 2.38. The minimum atomic E-state index is 0.170. The Bertz CT molecular complexity index is 564. The van der Waals surface area contributed by atoms with Crippen LogP contribution in [0.1, 0.15) is 39.2 Å². The molecule has 0 aliphatic rings. The molecule has 0 saturated heterocycles. The van der Waals surface area contributed by atoms with Gasteiger partial charge in [-0.15, -0.1) is 0 Å². The number of halogens is 1. The number of nitrogens with one attached hydrogen (secondary N) is 1. The molecule has 102 valence electrons. The van der Waals surface area contributed by atoms with Crippen LogP contribution >= 0.6 is 15.9 Å². The first-order chi connectivity index (χ1) is 9.03. The number of nitrogens with zero attached hydrogens (tertiary/aromatic N) is 1.